The number of piperazine rings is 1. The molecule has 0 aromatic heterocycles. The van der Waals surface area contributed by atoms with Gasteiger partial charge in [-0.05, 0) is 48.4 Å². The Labute approximate surface area is 175 Å². The highest BCUT2D eigenvalue weighted by Gasteiger charge is 2.32. The van der Waals surface area contributed by atoms with E-state index in [1.807, 2.05) is 0 Å². The number of hydrogen-bond donors (Lipinski definition) is 1. The second-order valence-corrected chi connectivity index (χ2v) is 9.40. The van der Waals surface area contributed by atoms with Crippen molar-refractivity contribution in [2.24, 2.45) is 0 Å². The van der Waals surface area contributed by atoms with E-state index in [-0.39, 0.29) is 48.6 Å². The molecule has 1 N–H and O–H groups in total. The van der Waals surface area contributed by atoms with Gasteiger partial charge in [0.1, 0.15) is 5.75 Å². The van der Waals surface area contributed by atoms with Crippen molar-refractivity contribution < 1.29 is 23.1 Å². The number of aromatic hydroxyl groups is 1. The first-order chi connectivity index (χ1) is 14.3. The second kappa shape index (κ2) is 7.73. The van der Waals surface area contributed by atoms with Crippen molar-refractivity contribution in [2.75, 3.05) is 37.6 Å². The standard InChI is InChI=1S/C21H23N3O5S/c1-15(25)24-8-7-16-14-19(5-6-20(16)24)30(28,29)23-11-9-22(10-12-23)21(27)17-3-2-4-18(26)13-17/h2-6,13-14,26H,7-12H2,1H3. The molecule has 2 aliphatic rings. The van der Waals surface area contributed by atoms with Gasteiger partial charge in [-0.15, -0.1) is 0 Å². The summed E-state index contributed by atoms with van der Waals surface area (Å²) in [4.78, 5) is 27.8. The van der Waals surface area contributed by atoms with Crippen LogP contribution in [0.3, 0.4) is 0 Å². The quantitative estimate of drug-likeness (QED) is 0.796. The van der Waals surface area contributed by atoms with E-state index in [4.69, 9.17) is 0 Å². The van der Waals surface area contributed by atoms with Gasteiger partial charge in [-0.1, -0.05) is 6.07 Å². The molecule has 0 unspecified atom stereocenters. The molecule has 4 rings (SSSR count). The topological polar surface area (TPSA) is 98.2 Å². The molecule has 30 heavy (non-hydrogen) atoms. The Hall–Kier alpha value is -2.91. The van der Waals surface area contributed by atoms with Crippen LogP contribution in [0.15, 0.2) is 47.4 Å². The maximum Gasteiger partial charge on any atom is 0.254 e. The smallest absolute Gasteiger partial charge is 0.254 e. The molecule has 0 atom stereocenters. The number of benzene rings is 2. The van der Waals surface area contributed by atoms with Crippen LogP contribution in [-0.2, 0) is 21.2 Å². The number of phenolic OH excluding ortho intramolecular Hbond substituents is 1. The summed E-state index contributed by atoms with van der Waals surface area (Å²) < 4.78 is 27.6. The third kappa shape index (κ3) is 3.66. The van der Waals surface area contributed by atoms with Crippen LogP contribution in [0.4, 0.5) is 5.69 Å². The van der Waals surface area contributed by atoms with Gasteiger partial charge < -0.3 is 14.9 Å². The largest absolute Gasteiger partial charge is 0.508 e. The Bertz CT molecular complexity index is 1110. The minimum atomic E-state index is -3.69. The molecule has 1 saturated heterocycles. The lowest BCUT2D eigenvalue weighted by molar-refractivity contribution is -0.116. The number of carbonyl (C=O) groups excluding carboxylic acids is 2. The van der Waals surface area contributed by atoms with E-state index >= 15 is 0 Å². The highest BCUT2D eigenvalue weighted by atomic mass is 32.2. The lowest BCUT2D eigenvalue weighted by Gasteiger charge is -2.34. The van der Waals surface area contributed by atoms with Crippen LogP contribution in [0.25, 0.3) is 0 Å². The van der Waals surface area contributed by atoms with E-state index in [1.165, 1.54) is 23.4 Å². The normalized spacial score (nSPS) is 17.1. The molecule has 9 heteroatoms. The first-order valence-electron chi connectivity index (χ1n) is 9.77. The lowest BCUT2D eigenvalue weighted by atomic mass is 10.2. The number of anilines is 1. The van der Waals surface area contributed by atoms with Gasteiger partial charge in [0.15, 0.2) is 0 Å². The average molecular weight is 429 g/mol. The number of hydrogen-bond acceptors (Lipinski definition) is 5. The van der Waals surface area contributed by atoms with Crippen molar-refractivity contribution in [1.82, 2.24) is 9.21 Å². The molecule has 2 aromatic rings. The third-order valence-corrected chi connectivity index (χ3v) is 7.48. The van der Waals surface area contributed by atoms with Crippen LogP contribution in [0.5, 0.6) is 5.75 Å². The van der Waals surface area contributed by atoms with Gasteiger partial charge in [0.05, 0.1) is 4.90 Å². The van der Waals surface area contributed by atoms with Crippen molar-refractivity contribution in [3.63, 3.8) is 0 Å². The molecule has 2 aromatic carbocycles. The maximum absolute atomic E-state index is 13.1. The molecule has 0 aliphatic carbocycles. The van der Waals surface area contributed by atoms with Gasteiger partial charge in [0, 0.05) is 50.9 Å². The average Bonchev–Trinajstić information content (AvgIpc) is 3.17. The summed E-state index contributed by atoms with van der Waals surface area (Å²) in [5, 5.41) is 9.57. The van der Waals surface area contributed by atoms with Crippen molar-refractivity contribution >= 4 is 27.5 Å². The van der Waals surface area contributed by atoms with E-state index < -0.39 is 10.0 Å². The van der Waals surface area contributed by atoms with Crippen LogP contribution in [0.1, 0.15) is 22.8 Å². The summed E-state index contributed by atoms with van der Waals surface area (Å²) in [6, 6.07) is 11.0. The number of fused-ring (bicyclic) bond motifs is 1. The summed E-state index contributed by atoms with van der Waals surface area (Å²) in [7, 11) is -3.69. The molecular formula is C21H23N3O5S. The minimum Gasteiger partial charge on any atom is -0.508 e. The summed E-state index contributed by atoms with van der Waals surface area (Å²) in [5.74, 6) is -0.274. The Morgan fingerprint density at radius 1 is 0.967 bits per heavy atom. The summed E-state index contributed by atoms with van der Waals surface area (Å²) in [6.07, 6.45) is 0.629. The van der Waals surface area contributed by atoms with Crippen LogP contribution >= 0.6 is 0 Å². The Morgan fingerprint density at radius 2 is 1.70 bits per heavy atom. The van der Waals surface area contributed by atoms with Crippen LogP contribution in [-0.4, -0.2) is 67.3 Å². The number of carbonyl (C=O) groups is 2. The molecule has 0 saturated carbocycles. The number of rotatable bonds is 3. The zero-order chi connectivity index (χ0) is 21.5. The molecule has 0 bridgehead atoms. The van der Waals surface area contributed by atoms with Gasteiger partial charge in [0.2, 0.25) is 15.9 Å². The number of sulfonamides is 1. The van der Waals surface area contributed by atoms with E-state index in [9.17, 15) is 23.1 Å². The fourth-order valence-corrected chi connectivity index (χ4v) is 5.44. The monoisotopic (exact) mass is 429 g/mol. The van der Waals surface area contributed by atoms with Crippen LogP contribution in [0.2, 0.25) is 0 Å². The number of phenols is 1. The molecule has 8 nitrogen and oxygen atoms in total. The van der Waals surface area contributed by atoms with E-state index in [0.717, 1.165) is 11.3 Å². The predicted octanol–water partition coefficient (Wildman–Crippen LogP) is 1.45. The first kappa shape index (κ1) is 20.4. The van der Waals surface area contributed by atoms with Gasteiger partial charge in [0.25, 0.3) is 5.91 Å². The van der Waals surface area contributed by atoms with Crippen molar-refractivity contribution in [1.29, 1.82) is 0 Å². The van der Waals surface area contributed by atoms with Crippen molar-refractivity contribution in [3.05, 3.63) is 53.6 Å². The zero-order valence-electron chi connectivity index (χ0n) is 16.6. The Balaban J connectivity index is 1.47. The summed E-state index contributed by atoms with van der Waals surface area (Å²) in [6.45, 7) is 3.00. The fourth-order valence-electron chi connectivity index (χ4n) is 3.97. The maximum atomic E-state index is 13.1. The fraction of sp³-hybridized carbons (Fsp3) is 0.333. The molecule has 2 heterocycles. The van der Waals surface area contributed by atoms with E-state index in [0.29, 0.717) is 18.5 Å². The molecular weight excluding hydrogens is 406 g/mol. The third-order valence-electron chi connectivity index (χ3n) is 5.58. The van der Waals surface area contributed by atoms with Crippen LogP contribution < -0.4 is 4.90 Å². The minimum absolute atomic E-state index is 0.0158. The predicted molar refractivity (Wildman–Crippen MR) is 111 cm³/mol. The van der Waals surface area contributed by atoms with Crippen LogP contribution in [0, 0.1) is 0 Å². The Morgan fingerprint density at radius 3 is 2.37 bits per heavy atom. The van der Waals surface area contributed by atoms with Crippen molar-refractivity contribution in [3.8, 4) is 5.75 Å². The number of amides is 2. The first-order valence-corrected chi connectivity index (χ1v) is 11.2. The molecule has 2 amide bonds. The highest BCUT2D eigenvalue weighted by Crippen LogP contribution is 2.31. The van der Waals surface area contributed by atoms with Gasteiger partial charge in [-0.3, -0.25) is 9.59 Å². The highest BCUT2D eigenvalue weighted by molar-refractivity contribution is 7.89. The molecule has 1 fully saturated rings. The SMILES string of the molecule is CC(=O)N1CCc2cc(S(=O)(=O)N3CCN(C(=O)c4cccc(O)c4)CC3)ccc21. The van der Waals surface area contributed by atoms with E-state index in [2.05, 4.69) is 0 Å². The van der Waals surface area contributed by atoms with Crippen molar-refractivity contribution in [2.45, 2.75) is 18.2 Å². The van der Waals surface area contributed by atoms with Gasteiger partial charge >= 0.3 is 0 Å². The van der Waals surface area contributed by atoms with Gasteiger partial charge in [-0.25, -0.2) is 8.42 Å². The lowest BCUT2D eigenvalue weighted by Crippen LogP contribution is -2.50. The van der Waals surface area contributed by atoms with Gasteiger partial charge in [-0.2, -0.15) is 4.31 Å². The molecule has 158 valence electrons. The zero-order valence-corrected chi connectivity index (χ0v) is 17.4. The molecule has 0 spiro atoms. The molecule has 2 aliphatic heterocycles. The van der Waals surface area contributed by atoms with E-state index in [1.54, 1.807) is 40.1 Å². The summed E-state index contributed by atoms with van der Waals surface area (Å²) >= 11 is 0. The second-order valence-electron chi connectivity index (χ2n) is 7.46. The Kier molecular flexibility index (Phi) is 5.25. The summed E-state index contributed by atoms with van der Waals surface area (Å²) in [5.41, 5.74) is 1.99. The molecule has 0 radical (unpaired) electrons. The number of nitrogens with zero attached hydrogens (tertiary/aromatic N) is 3.